The number of carbonyl (C=O) groups excluding carboxylic acids is 1. The van der Waals surface area contributed by atoms with Crippen molar-refractivity contribution in [2.75, 3.05) is 19.7 Å². The molecular formula is C20H21N5O3. The van der Waals surface area contributed by atoms with Crippen LogP contribution < -0.4 is 0 Å². The van der Waals surface area contributed by atoms with E-state index in [1.807, 2.05) is 32.0 Å². The SMILES string of the molecule is CCc1onc(C)c1-c1cccc(C2CN(C(=O)c3cnccn3)CCO2)n1. The number of morpholine rings is 1. The molecule has 0 bridgehead atoms. The lowest BCUT2D eigenvalue weighted by atomic mass is 10.1. The molecule has 8 heteroatoms. The normalized spacial score (nSPS) is 16.9. The van der Waals surface area contributed by atoms with Crippen molar-refractivity contribution in [1.29, 1.82) is 0 Å². The molecule has 1 aliphatic heterocycles. The van der Waals surface area contributed by atoms with E-state index in [2.05, 4.69) is 15.1 Å². The van der Waals surface area contributed by atoms with Crippen LogP contribution in [0.3, 0.4) is 0 Å². The van der Waals surface area contributed by atoms with Gasteiger partial charge in [0.25, 0.3) is 5.91 Å². The maximum atomic E-state index is 12.7. The molecule has 8 nitrogen and oxygen atoms in total. The molecular weight excluding hydrogens is 358 g/mol. The zero-order valence-electron chi connectivity index (χ0n) is 15.8. The Kier molecular flexibility index (Phi) is 5.12. The fourth-order valence-electron chi connectivity index (χ4n) is 3.34. The van der Waals surface area contributed by atoms with Gasteiger partial charge < -0.3 is 14.2 Å². The van der Waals surface area contributed by atoms with Crippen molar-refractivity contribution in [2.45, 2.75) is 26.4 Å². The molecule has 0 N–H and O–H groups in total. The van der Waals surface area contributed by atoms with Gasteiger partial charge >= 0.3 is 0 Å². The molecule has 1 fully saturated rings. The van der Waals surface area contributed by atoms with Gasteiger partial charge in [0.2, 0.25) is 0 Å². The summed E-state index contributed by atoms with van der Waals surface area (Å²) in [6.45, 7) is 5.29. The third-order valence-electron chi connectivity index (χ3n) is 4.75. The number of hydrogen-bond donors (Lipinski definition) is 0. The number of pyridine rings is 1. The second kappa shape index (κ2) is 7.85. The number of carbonyl (C=O) groups is 1. The molecule has 3 aromatic rings. The molecule has 1 saturated heterocycles. The summed E-state index contributed by atoms with van der Waals surface area (Å²) < 4.78 is 11.3. The molecule has 0 saturated carbocycles. The van der Waals surface area contributed by atoms with Crippen LogP contribution >= 0.6 is 0 Å². The Morgan fingerprint density at radius 1 is 1.32 bits per heavy atom. The van der Waals surface area contributed by atoms with Crippen LogP contribution in [0, 0.1) is 6.92 Å². The first-order chi connectivity index (χ1) is 13.7. The number of ether oxygens (including phenoxy) is 1. The number of hydrogen-bond acceptors (Lipinski definition) is 7. The molecule has 1 atom stereocenters. The van der Waals surface area contributed by atoms with E-state index in [4.69, 9.17) is 14.2 Å². The highest BCUT2D eigenvalue weighted by atomic mass is 16.5. The van der Waals surface area contributed by atoms with E-state index in [-0.39, 0.29) is 12.0 Å². The van der Waals surface area contributed by atoms with Gasteiger partial charge in [-0.15, -0.1) is 0 Å². The van der Waals surface area contributed by atoms with Crippen LogP contribution in [0.25, 0.3) is 11.3 Å². The fraction of sp³-hybridized carbons (Fsp3) is 0.350. The van der Waals surface area contributed by atoms with Gasteiger partial charge in [-0.25, -0.2) is 9.97 Å². The first-order valence-electron chi connectivity index (χ1n) is 9.26. The topological polar surface area (TPSA) is 94.2 Å². The Hall–Kier alpha value is -3.13. The summed E-state index contributed by atoms with van der Waals surface area (Å²) in [6.07, 6.45) is 4.98. The lowest BCUT2D eigenvalue weighted by Crippen LogP contribution is -2.42. The molecule has 4 heterocycles. The van der Waals surface area contributed by atoms with Crippen molar-refractivity contribution in [3.05, 3.63) is 59.6 Å². The van der Waals surface area contributed by atoms with Crippen LogP contribution in [0.4, 0.5) is 0 Å². The maximum Gasteiger partial charge on any atom is 0.274 e. The van der Waals surface area contributed by atoms with Crippen molar-refractivity contribution in [3.8, 4) is 11.3 Å². The van der Waals surface area contributed by atoms with Crippen molar-refractivity contribution >= 4 is 5.91 Å². The van der Waals surface area contributed by atoms with E-state index in [0.29, 0.717) is 25.4 Å². The van der Waals surface area contributed by atoms with Crippen LogP contribution in [0.15, 0.2) is 41.3 Å². The van der Waals surface area contributed by atoms with Gasteiger partial charge in [0.05, 0.1) is 42.0 Å². The number of aryl methyl sites for hydroxylation is 2. The summed E-state index contributed by atoms with van der Waals surface area (Å²) >= 11 is 0. The van der Waals surface area contributed by atoms with Crippen LogP contribution in [-0.4, -0.2) is 50.6 Å². The lowest BCUT2D eigenvalue weighted by molar-refractivity contribution is -0.0248. The van der Waals surface area contributed by atoms with Gasteiger partial charge in [0, 0.05) is 25.4 Å². The van der Waals surface area contributed by atoms with E-state index in [1.165, 1.54) is 12.4 Å². The Bertz CT molecular complexity index is 973. The Balaban J connectivity index is 1.58. The largest absolute Gasteiger partial charge is 0.368 e. The first-order valence-corrected chi connectivity index (χ1v) is 9.26. The molecule has 1 unspecified atom stereocenters. The molecule has 0 aromatic carbocycles. The molecule has 4 rings (SSSR count). The van der Waals surface area contributed by atoms with Crippen molar-refractivity contribution in [3.63, 3.8) is 0 Å². The number of nitrogens with zero attached hydrogens (tertiary/aromatic N) is 5. The van der Waals surface area contributed by atoms with Gasteiger partial charge in [-0.05, 0) is 19.1 Å². The summed E-state index contributed by atoms with van der Waals surface area (Å²) in [7, 11) is 0. The first kappa shape index (κ1) is 18.2. The minimum Gasteiger partial charge on any atom is -0.368 e. The monoisotopic (exact) mass is 379 g/mol. The standard InChI is InChI=1S/C20H21N5O3/c1-3-17-19(13(2)24-28-17)15-6-4-5-14(23-15)18-12-25(9-10-27-18)20(26)16-11-21-7-8-22-16/h4-8,11,18H,3,9-10,12H2,1-2H3. The van der Waals surface area contributed by atoms with Crippen LogP contribution in [0.2, 0.25) is 0 Å². The summed E-state index contributed by atoms with van der Waals surface area (Å²) in [6, 6.07) is 5.79. The van der Waals surface area contributed by atoms with Gasteiger partial charge in [-0.3, -0.25) is 9.78 Å². The summed E-state index contributed by atoms with van der Waals surface area (Å²) in [5.41, 5.74) is 3.64. The van der Waals surface area contributed by atoms with E-state index in [0.717, 1.165) is 34.8 Å². The molecule has 0 spiro atoms. The maximum absolute atomic E-state index is 12.7. The van der Waals surface area contributed by atoms with Crippen molar-refractivity contribution in [2.24, 2.45) is 0 Å². The predicted octanol–water partition coefficient (Wildman–Crippen LogP) is 2.61. The molecule has 0 aliphatic carbocycles. The Morgan fingerprint density at radius 3 is 3.00 bits per heavy atom. The van der Waals surface area contributed by atoms with Crippen molar-refractivity contribution in [1.82, 2.24) is 25.0 Å². The second-order valence-electron chi connectivity index (χ2n) is 6.57. The number of amides is 1. The van der Waals surface area contributed by atoms with Gasteiger partial charge in [-0.2, -0.15) is 0 Å². The van der Waals surface area contributed by atoms with E-state index >= 15 is 0 Å². The summed E-state index contributed by atoms with van der Waals surface area (Å²) in [4.78, 5) is 27.3. The fourth-order valence-corrected chi connectivity index (χ4v) is 3.34. The van der Waals surface area contributed by atoms with Gasteiger partial charge in [-0.1, -0.05) is 18.1 Å². The van der Waals surface area contributed by atoms with Crippen molar-refractivity contribution < 1.29 is 14.1 Å². The highest BCUT2D eigenvalue weighted by Gasteiger charge is 2.28. The smallest absolute Gasteiger partial charge is 0.274 e. The van der Waals surface area contributed by atoms with Crippen LogP contribution in [-0.2, 0) is 11.2 Å². The van der Waals surface area contributed by atoms with Gasteiger partial charge in [0.1, 0.15) is 17.6 Å². The highest BCUT2D eigenvalue weighted by Crippen LogP contribution is 2.29. The average Bonchev–Trinajstić information content (AvgIpc) is 3.14. The van der Waals surface area contributed by atoms with Crippen LogP contribution in [0.5, 0.6) is 0 Å². The predicted molar refractivity (Wildman–Crippen MR) is 100 cm³/mol. The number of rotatable bonds is 4. The van der Waals surface area contributed by atoms with E-state index < -0.39 is 0 Å². The van der Waals surface area contributed by atoms with Crippen LogP contribution in [0.1, 0.15) is 40.7 Å². The van der Waals surface area contributed by atoms with E-state index in [9.17, 15) is 4.79 Å². The zero-order chi connectivity index (χ0) is 19.5. The Labute approximate surface area is 162 Å². The lowest BCUT2D eigenvalue weighted by Gasteiger charge is -2.32. The summed E-state index contributed by atoms with van der Waals surface area (Å²) in [5.74, 6) is 0.659. The number of aromatic nitrogens is 4. The molecule has 1 aliphatic rings. The molecule has 28 heavy (non-hydrogen) atoms. The van der Waals surface area contributed by atoms with E-state index in [1.54, 1.807) is 11.1 Å². The molecule has 3 aromatic heterocycles. The molecule has 1 amide bonds. The zero-order valence-corrected chi connectivity index (χ0v) is 15.8. The summed E-state index contributed by atoms with van der Waals surface area (Å²) in [5, 5.41) is 4.06. The molecule has 144 valence electrons. The highest BCUT2D eigenvalue weighted by molar-refractivity contribution is 5.92. The third-order valence-corrected chi connectivity index (χ3v) is 4.75. The second-order valence-corrected chi connectivity index (χ2v) is 6.57. The average molecular weight is 379 g/mol. The quantitative estimate of drug-likeness (QED) is 0.688. The molecule has 0 radical (unpaired) electrons. The Morgan fingerprint density at radius 2 is 2.21 bits per heavy atom. The minimum absolute atomic E-state index is 0.152. The minimum atomic E-state index is -0.306. The third kappa shape index (κ3) is 3.50. The van der Waals surface area contributed by atoms with Gasteiger partial charge in [0.15, 0.2) is 0 Å².